The van der Waals surface area contributed by atoms with Crippen molar-refractivity contribution < 1.29 is 15.0 Å². The predicted octanol–water partition coefficient (Wildman–Crippen LogP) is 2.46. The van der Waals surface area contributed by atoms with Crippen LogP contribution in [0.2, 0.25) is 0 Å². The van der Waals surface area contributed by atoms with Crippen molar-refractivity contribution in [2.45, 2.75) is 57.5 Å². The van der Waals surface area contributed by atoms with Gasteiger partial charge in [0.1, 0.15) is 0 Å². The minimum absolute atomic E-state index is 0.0966. The summed E-state index contributed by atoms with van der Waals surface area (Å²) in [7, 11) is 0. The molecular formula is C18H26O3. The molecule has 0 aliphatic heterocycles. The highest BCUT2D eigenvalue weighted by atomic mass is 16.3. The molecule has 4 aliphatic carbocycles. The monoisotopic (exact) mass is 290 g/mol. The van der Waals surface area contributed by atoms with E-state index in [1.807, 2.05) is 0 Å². The van der Waals surface area contributed by atoms with E-state index in [9.17, 15) is 15.0 Å². The lowest BCUT2D eigenvalue weighted by molar-refractivity contribution is -0.122. The Morgan fingerprint density at radius 3 is 2.86 bits per heavy atom. The summed E-state index contributed by atoms with van der Waals surface area (Å²) in [5.74, 6) is 1.59. The van der Waals surface area contributed by atoms with Gasteiger partial charge in [0.25, 0.3) is 0 Å². The summed E-state index contributed by atoms with van der Waals surface area (Å²) in [4.78, 5) is 11.8. The first kappa shape index (κ1) is 14.0. The molecule has 6 unspecified atom stereocenters. The molecule has 2 bridgehead atoms. The summed E-state index contributed by atoms with van der Waals surface area (Å²) >= 11 is 0. The van der Waals surface area contributed by atoms with Crippen molar-refractivity contribution >= 4 is 5.78 Å². The van der Waals surface area contributed by atoms with Gasteiger partial charge in [0, 0.05) is 6.42 Å². The SMILES string of the molecule is CC12C=CC(=O)CC1CCC13CC(CCC12)C(O)(CO)C3. The summed E-state index contributed by atoms with van der Waals surface area (Å²) in [6.45, 7) is 2.24. The van der Waals surface area contributed by atoms with E-state index in [0.29, 0.717) is 18.3 Å². The largest absolute Gasteiger partial charge is 0.393 e. The van der Waals surface area contributed by atoms with Gasteiger partial charge in [-0.3, -0.25) is 4.79 Å². The van der Waals surface area contributed by atoms with Crippen LogP contribution in [0.1, 0.15) is 51.9 Å². The van der Waals surface area contributed by atoms with Gasteiger partial charge in [-0.2, -0.15) is 0 Å². The van der Waals surface area contributed by atoms with E-state index in [1.165, 1.54) is 0 Å². The Hall–Kier alpha value is -0.670. The molecule has 0 aromatic rings. The van der Waals surface area contributed by atoms with E-state index in [4.69, 9.17) is 0 Å². The van der Waals surface area contributed by atoms with Gasteiger partial charge in [0.2, 0.25) is 0 Å². The van der Waals surface area contributed by atoms with Crippen molar-refractivity contribution in [3.8, 4) is 0 Å². The van der Waals surface area contributed by atoms with Crippen LogP contribution in [0.3, 0.4) is 0 Å². The molecule has 0 aromatic heterocycles. The second kappa shape index (κ2) is 4.20. The molecule has 21 heavy (non-hydrogen) atoms. The third-order valence-electron chi connectivity index (χ3n) is 7.58. The van der Waals surface area contributed by atoms with Crippen molar-refractivity contribution in [3.05, 3.63) is 12.2 Å². The number of fused-ring (bicyclic) bond motifs is 3. The van der Waals surface area contributed by atoms with E-state index >= 15 is 0 Å². The molecule has 6 atom stereocenters. The molecule has 2 N–H and O–H groups in total. The van der Waals surface area contributed by atoms with Gasteiger partial charge in [0.05, 0.1) is 12.2 Å². The highest BCUT2D eigenvalue weighted by molar-refractivity contribution is 5.91. The number of carbonyl (C=O) groups excluding carboxylic acids is 1. The summed E-state index contributed by atoms with van der Waals surface area (Å²) < 4.78 is 0. The molecular weight excluding hydrogens is 264 g/mol. The Bertz CT molecular complexity index is 513. The van der Waals surface area contributed by atoms with E-state index in [-0.39, 0.29) is 29.1 Å². The first-order valence-electron chi connectivity index (χ1n) is 8.47. The predicted molar refractivity (Wildman–Crippen MR) is 79.5 cm³/mol. The van der Waals surface area contributed by atoms with Crippen molar-refractivity contribution in [2.75, 3.05) is 6.61 Å². The highest BCUT2D eigenvalue weighted by Crippen LogP contribution is 2.69. The maximum absolute atomic E-state index is 11.8. The van der Waals surface area contributed by atoms with E-state index in [0.717, 1.165) is 38.5 Å². The molecule has 1 spiro atoms. The summed E-state index contributed by atoms with van der Waals surface area (Å²) in [5, 5.41) is 20.5. The molecule has 0 aromatic carbocycles. The van der Waals surface area contributed by atoms with Crippen LogP contribution >= 0.6 is 0 Å². The van der Waals surface area contributed by atoms with Crippen molar-refractivity contribution in [1.29, 1.82) is 0 Å². The Morgan fingerprint density at radius 2 is 2.10 bits per heavy atom. The minimum Gasteiger partial charge on any atom is -0.393 e. The number of hydrogen-bond acceptors (Lipinski definition) is 3. The number of carbonyl (C=O) groups is 1. The minimum atomic E-state index is -0.855. The zero-order valence-corrected chi connectivity index (χ0v) is 12.8. The fraction of sp³-hybridized carbons (Fsp3) is 0.833. The van der Waals surface area contributed by atoms with Crippen molar-refractivity contribution in [1.82, 2.24) is 0 Å². The van der Waals surface area contributed by atoms with E-state index in [2.05, 4.69) is 13.0 Å². The summed E-state index contributed by atoms with van der Waals surface area (Å²) in [5.41, 5.74) is -0.555. The number of aliphatic hydroxyl groups is 2. The number of ketones is 1. The number of aliphatic hydroxyl groups excluding tert-OH is 1. The summed E-state index contributed by atoms with van der Waals surface area (Å²) in [6, 6.07) is 0. The zero-order valence-electron chi connectivity index (χ0n) is 12.8. The van der Waals surface area contributed by atoms with Gasteiger partial charge < -0.3 is 10.2 Å². The van der Waals surface area contributed by atoms with Gasteiger partial charge in [0.15, 0.2) is 5.78 Å². The van der Waals surface area contributed by atoms with E-state index in [1.54, 1.807) is 6.08 Å². The Morgan fingerprint density at radius 1 is 1.29 bits per heavy atom. The maximum Gasteiger partial charge on any atom is 0.155 e. The average molecular weight is 290 g/mol. The topological polar surface area (TPSA) is 57.5 Å². The van der Waals surface area contributed by atoms with Gasteiger partial charge >= 0.3 is 0 Å². The van der Waals surface area contributed by atoms with Gasteiger partial charge in [-0.15, -0.1) is 0 Å². The van der Waals surface area contributed by atoms with Crippen LogP contribution in [0.15, 0.2) is 12.2 Å². The van der Waals surface area contributed by atoms with Crippen LogP contribution in [0.5, 0.6) is 0 Å². The number of allylic oxidation sites excluding steroid dienone is 2. The second-order valence-corrected chi connectivity index (χ2v) is 8.44. The number of hydrogen-bond donors (Lipinski definition) is 2. The van der Waals surface area contributed by atoms with Crippen LogP contribution in [-0.4, -0.2) is 28.2 Å². The molecule has 4 aliphatic rings. The van der Waals surface area contributed by atoms with Crippen LogP contribution in [-0.2, 0) is 4.79 Å². The lowest BCUT2D eigenvalue weighted by Gasteiger charge is -2.58. The standard InChI is InChI=1S/C18H26O3/c1-16-6-5-14(20)8-12(16)4-7-17-9-13(2-3-15(16)17)18(21,10-17)11-19/h5-6,12-13,15,19,21H,2-4,7-11H2,1H3. The number of rotatable bonds is 1. The second-order valence-electron chi connectivity index (χ2n) is 8.44. The Labute approximate surface area is 126 Å². The lowest BCUT2D eigenvalue weighted by Crippen LogP contribution is -2.51. The smallest absolute Gasteiger partial charge is 0.155 e. The van der Waals surface area contributed by atoms with Crippen LogP contribution < -0.4 is 0 Å². The molecule has 3 nitrogen and oxygen atoms in total. The van der Waals surface area contributed by atoms with Gasteiger partial charge in [-0.1, -0.05) is 13.0 Å². The van der Waals surface area contributed by atoms with Crippen molar-refractivity contribution in [2.24, 2.45) is 28.6 Å². The molecule has 3 saturated carbocycles. The summed E-state index contributed by atoms with van der Waals surface area (Å²) in [6.07, 6.45) is 10.9. The first-order chi connectivity index (χ1) is 9.92. The molecule has 3 fully saturated rings. The molecule has 0 saturated heterocycles. The normalized spacial score (nSPS) is 55.2. The quantitative estimate of drug-likeness (QED) is 0.780. The Kier molecular flexibility index (Phi) is 2.79. The Balaban J connectivity index is 1.74. The molecule has 0 heterocycles. The molecule has 3 heteroatoms. The maximum atomic E-state index is 11.8. The highest BCUT2D eigenvalue weighted by Gasteiger charge is 2.65. The van der Waals surface area contributed by atoms with Crippen LogP contribution in [0.4, 0.5) is 0 Å². The fourth-order valence-electron chi connectivity index (χ4n) is 6.55. The molecule has 0 radical (unpaired) electrons. The zero-order chi connectivity index (χ0) is 14.9. The molecule has 0 amide bonds. The van der Waals surface area contributed by atoms with E-state index < -0.39 is 5.60 Å². The van der Waals surface area contributed by atoms with Crippen LogP contribution in [0.25, 0.3) is 0 Å². The van der Waals surface area contributed by atoms with Crippen LogP contribution in [0, 0.1) is 28.6 Å². The third-order valence-corrected chi connectivity index (χ3v) is 7.58. The van der Waals surface area contributed by atoms with Crippen molar-refractivity contribution in [3.63, 3.8) is 0 Å². The first-order valence-corrected chi connectivity index (χ1v) is 8.47. The fourth-order valence-corrected chi connectivity index (χ4v) is 6.55. The van der Waals surface area contributed by atoms with Gasteiger partial charge in [-0.05, 0) is 73.2 Å². The third kappa shape index (κ3) is 1.71. The average Bonchev–Trinajstić information content (AvgIpc) is 2.68. The lowest BCUT2D eigenvalue weighted by atomic mass is 9.46. The molecule has 116 valence electrons. The van der Waals surface area contributed by atoms with Gasteiger partial charge in [-0.25, -0.2) is 0 Å². The molecule has 4 rings (SSSR count).